The number of halogens is 1. The molecule has 0 radical (unpaired) electrons. The van der Waals surface area contributed by atoms with Gasteiger partial charge in [0.25, 0.3) is 5.91 Å². The molecular formula is C13H15FN2O3S. The Morgan fingerprint density at radius 1 is 1.45 bits per heavy atom. The van der Waals surface area contributed by atoms with E-state index in [1.807, 2.05) is 0 Å². The first-order chi connectivity index (χ1) is 9.41. The van der Waals surface area contributed by atoms with Crippen molar-refractivity contribution in [3.8, 4) is 0 Å². The van der Waals surface area contributed by atoms with E-state index in [-0.39, 0.29) is 16.0 Å². The number of carbonyl (C=O) groups is 1. The van der Waals surface area contributed by atoms with Crippen molar-refractivity contribution in [2.24, 2.45) is 0 Å². The number of fused-ring (bicyclic) bond motifs is 1. The van der Waals surface area contributed by atoms with Gasteiger partial charge in [-0.25, -0.2) is 4.39 Å². The second-order valence-electron chi connectivity index (χ2n) is 4.79. The van der Waals surface area contributed by atoms with Gasteiger partial charge >= 0.3 is 0 Å². The highest BCUT2D eigenvalue weighted by Gasteiger charge is 2.27. The third-order valence-electron chi connectivity index (χ3n) is 3.02. The van der Waals surface area contributed by atoms with Gasteiger partial charge in [-0.05, 0) is 19.1 Å². The van der Waals surface area contributed by atoms with Crippen molar-refractivity contribution in [1.82, 2.24) is 5.32 Å². The molecule has 0 saturated carbocycles. The topological polar surface area (TPSA) is 95.6 Å². The van der Waals surface area contributed by atoms with Gasteiger partial charge in [0.15, 0.2) is 0 Å². The van der Waals surface area contributed by atoms with Crippen LogP contribution in [0.15, 0.2) is 18.2 Å². The number of nitrogen functional groups attached to an aromatic ring is 1. The number of amides is 1. The lowest BCUT2D eigenvalue weighted by Crippen LogP contribution is -2.51. The van der Waals surface area contributed by atoms with Crippen LogP contribution in [0.2, 0.25) is 0 Å². The van der Waals surface area contributed by atoms with E-state index in [4.69, 9.17) is 5.73 Å². The van der Waals surface area contributed by atoms with E-state index < -0.39 is 30.5 Å². The van der Waals surface area contributed by atoms with Gasteiger partial charge in [-0.2, -0.15) is 0 Å². The Hall–Kier alpha value is -1.70. The normalized spacial score (nSPS) is 11.8. The van der Waals surface area contributed by atoms with E-state index in [0.29, 0.717) is 4.70 Å². The number of benzene rings is 1. The zero-order valence-electron chi connectivity index (χ0n) is 10.8. The molecular weight excluding hydrogens is 283 g/mol. The van der Waals surface area contributed by atoms with Gasteiger partial charge in [0.1, 0.15) is 10.7 Å². The lowest BCUT2D eigenvalue weighted by Gasteiger charge is -2.25. The predicted octanol–water partition coefficient (Wildman–Crippen LogP) is 1.10. The molecule has 0 spiro atoms. The van der Waals surface area contributed by atoms with Crippen molar-refractivity contribution in [3.05, 3.63) is 28.9 Å². The molecule has 0 bridgehead atoms. The molecule has 0 aliphatic heterocycles. The lowest BCUT2D eigenvalue weighted by atomic mass is 10.1. The van der Waals surface area contributed by atoms with Crippen LogP contribution >= 0.6 is 11.3 Å². The Morgan fingerprint density at radius 3 is 2.65 bits per heavy atom. The molecule has 108 valence electrons. The quantitative estimate of drug-likeness (QED) is 0.679. The number of carbonyl (C=O) groups excluding carboxylic acids is 1. The van der Waals surface area contributed by atoms with Crippen molar-refractivity contribution >= 4 is 33.0 Å². The number of nitrogens with one attached hydrogen (secondary N) is 1. The maximum absolute atomic E-state index is 13.7. The highest BCUT2D eigenvalue weighted by Crippen LogP contribution is 2.35. The first kappa shape index (κ1) is 14.7. The number of rotatable bonds is 4. The van der Waals surface area contributed by atoms with Crippen LogP contribution < -0.4 is 11.1 Å². The predicted molar refractivity (Wildman–Crippen MR) is 76.2 cm³/mol. The fourth-order valence-corrected chi connectivity index (χ4v) is 2.79. The van der Waals surface area contributed by atoms with E-state index >= 15 is 0 Å². The molecule has 0 aliphatic rings. The van der Waals surface area contributed by atoms with Crippen LogP contribution in [-0.2, 0) is 0 Å². The summed E-state index contributed by atoms with van der Waals surface area (Å²) in [4.78, 5) is 12.3. The Kier molecular flexibility index (Phi) is 3.94. The summed E-state index contributed by atoms with van der Waals surface area (Å²) < 4.78 is 14.3. The summed E-state index contributed by atoms with van der Waals surface area (Å²) in [5.74, 6) is -1.03. The Bertz CT molecular complexity index is 652. The van der Waals surface area contributed by atoms with Crippen LogP contribution in [0.25, 0.3) is 10.1 Å². The van der Waals surface area contributed by atoms with Gasteiger partial charge in [-0.1, -0.05) is 6.07 Å². The minimum Gasteiger partial charge on any atom is -0.397 e. The fourth-order valence-electron chi connectivity index (χ4n) is 1.76. The molecule has 1 amide bonds. The number of hydrogen-bond donors (Lipinski definition) is 4. The van der Waals surface area contributed by atoms with Crippen molar-refractivity contribution in [3.63, 3.8) is 0 Å². The molecule has 1 aromatic heterocycles. The molecule has 7 heteroatoms. The number of aliphatic hydroxyl groups excluding tert-OH is 2. The van der Waals surface area contributed by atoms with Crippen LogP contribution in [-0.4, -0.2) is 34.9 Å². The summed E-state index contributed by atoms with van der Waals surface area (Å²) >= 11 is 1.07. The summed E-state index contributed by atoms with van der Waals surface area (Å²) in [7, 11) is 0. The SMILES string of the molecule is CC(CO)(CO)NC(=O)c1sc2cccc(F)c2c1N. The standard InChI is InChI=1S/C13H15FN2O3S/c1-13(5-17,6-18)16-12(19)11-10(15)9-7(14)3-2-4-8(9)20-11/h2-4,17-18H,5-6,15H2,1H3,(H,16,19). The molecule has 0 saturated heterocycles. The van der Waals surface area contributed by atoms with Crippen LogP contribution in [0.1, 0.15) is 16.6 Å². The number of anilines is 1. The van der Waals surface area contributed by atoms with Crippen LogP contribution in [0.4, 0.5) is 10.1 Å². The smallest absolute Gasteiger partial charge is 0.264 e. The summed E-state index contributed by atoms with van der Waals surface area (Å²) in [5.41, 5.74) is 4.74. The van der Waals surface area contributed by atoms with Gasteiger partial charge in [0.05, 0.1) is 29.8 Å². The van der Waals surface area contributed by atoms with Crippen molar-refractivity contribution < 1.29 is 19.4 Å². The van der Waals surface area contributed by atoms with Crippen LogP contribution in [0.5, 0.6) is 0 Å². The highest BCUT2D eigenvalue weighted by molar-refractivity contribution is 7.21. The lowest BCUT2D eigenvalue weighted by molar-refractivity contribution is 0.0728. The number of thiophene rings is 1. The Labute approximate surface area is 118 Å². The Morgan fingerprint density at radius 2 is 2.10 bits per heavy atom. The molecule has 0 atom stereocenters. The molecule has 2 rings (SSSR count). The molecule has 0 fully saturated rings. The maximum atomic E-state index is 13.7. The monoisotopic (exact) mass is 298 g/mol. The largest absolute Gasteiger partial charge is 0.397 e. The maximum Gasteiger partial charge on any atom is 0.264 e. The molecule has 0 unspecified atom stereocenters. The van der Waals surface area contributed by atoms with E-state index in [1.54, 1.807) is 12.1 Å². The van der Waals surface area contributed by atoms with Crippen molar-refractivity contribution in [2.45, 2.75) is 12.5 Å². The number of hydrogen-bond acceptors (Lipinski definition) is 5. The van der Waals surface area contributed by atoms with E-state index in [1.165, 1.54) is 13.0 Å². The minimum absolute atomic E-state index is 0.0684. The summed E-state index contributed by atoms with van der Waals surface area (Å²) in [5, 5.41) is 21.1. The third-order valence-corrected chi connectivity index (χ3v) is 4.19. The van der Waals surface area contributed by atoms with Crippen LogP contribution in [0, 0.1) is 5.82 Å². The number of aliphatic hydroxyl groups is 2. The van der Waals surface area contributed by atoms with Crippen LogP contribution in [0.3, 0.4) is 0 Å². The molecule has 1 aromatic carbocycles. The fraction of sp³-hybridized carbons (Fsp3) is 0.308. The second kappa shape index (κ2) is 5.35. The van der Waals surface area contributed by atoms with Gasteiger partial charge in [-0.15, -0.1) is 11.3 Å². The molecule has 1 heterocycles. The highest BCUT2D eigenvalue weighted by atomic mass is 32.1. The average molecular weight is 298 g/mol. The van der Waals surface area contributed by atoms with E-state index in [9.17, 15) is 19.4 Å². The Balaban J connectivity index is 2.41. The zero-order chi connectivity index (χ0) is 14.9. The third kappa shape index (κ3) is 2.47. The average Bonchev–Trinajstić information content (AvgIpc) is 2.77. The van der Waals surface area contributed by atoms with Crippen molar-refractivity contribution in [1.29, 1.82) is 0 Å². The first-order valence-electron chi connectivity index (χ1n) is 5.92. The number of nitrogens with two attached hydrogens (primary N) is 1. The van der Waals surface area contributed by atoms with Gasteiger partial charge in [-0.3, -0.25) is 4.79 Å². The zero-order valence-corrected chi connectivity index (χ0v) is 11.6. The molecule has 5 nitrogen and oxygen atoms in total. The minimum atomic E-state index is -1.15. The molecule has 2 aromatic rings. The van der Waals surface area contributed by atoms with Gasteiger partial charge in [0.2, 0.25) is 0 Å². The first-order valence-corrected chi connectivity index (χ1v) is 6.74. The second-order valence-corrected chi connectivity index (χ2v) is 5.84. The van der Waals surface area contributed by atoms with Crippen molar-refractivity contribution in [2.75, 3.05) is 18.9 Å². The summed E-state index contributed by atoms with van der Waals surface area (Å²) in [6.07, 6.45) is 0. The molecule has 5 N–H and O–H groups in total. The summed E-state index contributed by atoms with van der Waals surface area (Å²) in [6.45, 7) is 0.651. The van der Waals surface area contributed by atoms with Gasteiger partial charge in [0, 0.05) is 4.70 Å². The summed E-state index contributed by atoms with van der Waals surface area (Å²) in [6, 6.07) is 4.49. The van der Waals surface area contributed by atoms with E-state index in [2.05, 4.69) is 5.32 Å². The molecule has 20 heavy (non-hydrogen) atoms. The van der Waals surface area contributed by atoms with E-state index in [0.717, 1.165) is 11.3 Å². The molecule has 0 aliphatic carbocycles. The van der Waals surface area contributed by atoms with Gasteiger partial charge < -0.3 is 21.3 Å².